The van der Waals surface area contributed by atoms with E-state index in [2.05, 4.69) is 55.2 Å². The van der Waals surface area contributed by atoms with E-state index >= 15 is 0 Å². The summed E-state index contributed by atoms with van der Waals surface area (Å²) in [4.78, 5) is 4.35. The predicted octanol–water partition coefficient (Wildman–Crippen LogP) is 4.68. The third kappa shape index (κ3) is 3.30. The summed E-state index contributed by atoms with van der Waals surface area (Å²) < 4.78 is 0. The summed E-state index contributed by atoms with van der Waals surface area (Å²) in [7, 11) is 0. The molecule has 1 aromatic carbocycles. The van der Waals surface area contributed by atoms with Crippen LogP contribution in [0, 0.1) is 6.92 Å². The average molecular weight is 237 g/mol. The molecular formula is C17H19N. The first kappa shape index (κ1) is 12.6. The molecule has 1 heterocycles. The Morgan fingerprint density at radius 2 is 1.67 bits per heavy atom. The first-order valence-corrected chi connectivity index (χ1v) is 6.36. The van der Waals surface area contributed by atoms with E-state index in [0.717, 1.165) is 5.69 Å². The van der Waals surface area contributed by atoms with Crippen molar-refractivity contribution < 1.29 is 0 Å². The molecule has 0 saturated carbocycles. The van der Waals surface area contributed by atoms with Crippen molar-refractivity contribution in [3.8, 4) is 0 Å². The van der Waals surface area contributed by atoms with E-state index in [0.29, 0.717) is 5.92 Å². The maximum Gasteiger partial charge on any atom is 0.0630 e. The van der Waals surface area contributed by atoms with Crippen molar-refractivity contribution in [3.05, 3.63) is 65.0 Å². The van der Waals surface area contributed by atoms with Crippen molar-refractivity contribution in [1.29, 1.82) is 0 Å². The Labute approximate surface area is 109 Å². The fourth-order valence-electron chi connectivity index (χ4n) is 1.75. The molecule has 2 aromatic rings. The Hall–Kier alpha value is -1.89. The zero-order valence-corrected chi connectivity index (χ0v) is 11.2. The monoisotopic (exact) mass is 237 g/mol. The Bertz CT molecular complexity index is 519. The van der Waals surface area contributed by atoms with E-state index in [-0.39, 0.29) is 0 Å². The van der Waals surface area contributed by atoms with Gasteiger partial charge in [0, 0.05) is 6.20 Å². The third-order valence-electron chi connectivity index (χ3n) is 2.98. The van der Waals surface area contributed by atoms with Crippen LogP contribution >= 0.6 is 0 Å². The van der Waals surface area contributed by atoms with Gasteiger partial charge in [-0.3, -0.25) is 4.98 Å². The lowest BCUT2D eigenvalue weighted by atomic mass is 10.0. The summed E-state index contributed by atoms with van der Waals surface area (Å²) in [5.74, 6) is 0.585. The van der Waals surface area contributed by atoms with Crippen LogP contribution in [0.25, 0.3) is 12.2 Å². The smallest absolute Gasteiger partial charge is 0.0630 e. The van der Waals surface area contributed by atoms with Crippen LogP contribution in [0.1, 0.15) is 42.1 Å². The van der Waals surface area contributed by atoms with Crippen molar-refractivity contribution in [2.75, 3.05) is 0 Å². The minimum Gasteiger partial charge on any atom is -0.257 e. The summed E-state index contributed by atoms with van der Waals surface area (Å²) in [5, 5.41) is 0. The number of hydrogen-bond acceptors (Lipinski definition) is 1. The van der Waals surface area contributed by atoms with Crippen molar-refractivity contribution >= 4 is 12.2 Å². The second kappa shape index (κ2) is 5.63. The summed E-state index contributed by atoms with van der Waals surface area (Å²) >= 11 is 0. The third-order valence-corrected chi connectivity index (χ3v) is 2.98. The number of pyridine rings is 1. The molecule has 1 nitrogen and oxygen atoms in total. The number of aryl methyl sites for hydroxylation is 1. The summed E-state index contributed by atoms with van der Waals surface area (Å²) in [6, 6.07) is 12.8. The average Bonchev–Trinajstić information content (AvgIpc) is 2.38. The Balaban J connectivity index is 2.11. The Morgan fingerprint density at radius 1 is 0.944 bits per heavy atom. The molecule has 0 saturated heterocycles. The van der Waals surface area contributed by atoms with Crippen LogP contribution in [-0.4, -0.2) is 4.98 Å². The van der Waals surface area contributed by atoms with Crippen LogP contribution in [0.4, 0.5) is 0 Å². The molecule has 0 N–H and O–H groups in total. The summed E-state index contributed by atoms with van der Waals surface area (Å²) in [6.07, 6.45) is 6.03. The molecule has 0 unspecified atom stereocenters. The second-order valence-corrected chi connectivity index (χ2v) is 4.92. The van der Waals surface area contributed by atoms with E-state index in [1.165, 1.54) is 16.7 Å². The van der Waals surface area contributed by atoms with E-state index < -0.39 is 0 Å². The molecule has 1 aromatic heterocycles. The SMILES string of the molecule is Cc1ccc(C=Cc2ccc(C(C)C)cc2)nc1. The van der Waals surface area contributed by atoms with Crippen LogP contribution in [0.5, 0.6) is 0 Å². The molecule has 0 bridgehead atoms. The van der Waals surface area contributed by atoms with E-state index in [4.69, 9.17) is 0 Å². The van der Waals surface area contributed by atoms with Gasteiger partial charge in [-0.15, -0.1) is 0 Å². The molecule has 0 atom stereocenters. The van der Waals surface area contributed by atoms with Gasteiger partial charge in [0.15, 0.2) is 0 Å². The van der Waals surface area contributed by atoms with Crippen LogP contribution in [-0.2, 0) is 0 Å². The minimum atomic E-state index is 0.585. The van der Waals surface area contributed by atoms with Crippen LogP contribution in [0.15, 0.2) is 42.6 Å². The molecule has 0 amide bonds. The number of hydrogen-bond donors (Lipinski definition) is 0. The molecule has 0 spiro atoms. The predicted molar refractivity (Wildman–Crippen MR) is 78.4 cm³/mol. The molecule has 2 rings (SSSR count). The van der Waals surface area contributed by atoms with Gasteiger partial charge in [-0.05, 0) is 41.7 Å². The lowest BCUT2D eigenvalue weighted by Crippen LogP contribution is -1.86. The van der Waals surface area contributed by atoms with Crippen LogP contribution in [0.2, 0.25) is 0 Å². The highest BCUT2D eigenvalue weighted by atomic mass is 14.7. The quantitative estimate of drug-likeness (QED) is 0.755. The molecule has 0 radical (unpaired) electrons. The van der Waals surface area contributed by atoms with Gasteiger partial charge in [0.1, 0.15) is 0 Å². The van der Waals surface area contributed by atoms with Crippen molar-refractivity contribution in [3.63, 3.8) is 0 Å². The standard InChI is InChI=1S/C17H19N/c1-13(2)16-8-5-15(6-9-16)7-11-17-10-4-14(3)12-18-17/h4-13H,1-3H3. The normalized spacial score (nSPS) is 11.3. The largest absolute Gasteiger partial charge is 0.257 e. The van der Waals surface area contributed by atoms with E-state index in [1.54, 1.807) is 0 Å². The molecule has 0 aliphatic rings. The zero-order valence-electron chi connectivity index (χ0n) is 11.2. The fourth-order valence-corrected chi connectivity index (χ4v) is 1.75. The van der Waals surface area contributed by atoms with Gasteiger partial charge in [-0.2, -0.15) is 0 Å². The topological polar surface area (TPSA) is 12.9 Å². The molecule has 1 heteroatoms. The minimum absolute atomic E-state index is 0.585. The summed E-state index contributed by atoms with van der Waals surface area (Å²) in [5.41, 5.74) is 4.77. The molecule has 18 heavy (non-hydrogen) atoms. The molecule has 0 aliphatic heterocycles. The lowest BCUT2D eigenvalue weighted by molar-refractivity contribution is 0.866. The maximum atomic E-state index is 4.35. The maximum absolute atomic E-state index is 4.35. The number of aromatic nitrogens is 1. The van der Waals surface area contributed by atoms with Gasteiger partial charge in [-0.25, -0.2) is 0 Å². The van der Waals surface area contributed by atoms with Crippen LogP contribution < -0.4 is 0 Å². The number of nitrogens with zero attached hydrogens (tertiary/aromatic N) is 1. The highest BCUT2D eigenvalue weighted by Crippen LogP contribution is 2.15. The Kier molecular flexibility index (Phi) is 3.93. The van der Waals surface area contributed by atoms with Crippen LogP contribution in [0.3, 0.4) is 0 Å². The van der Waals surface area contributed by atoms with Gasteiger partial charge < -0.3 is 0 Å². The zero-order chi connectivity index (χ0) is 13.0. The second-order valence-electron chi connectivity index (χ2n) is 4.92. The van der Waals surface area contributed by atoms with Gasteiger partial charge >= 0.3 is 0 Å². The molecule has 0 aliphatic carbocycles. The van der Waals surface area contributed by atoms with Crippen molar-refractivity contribution in [2.45, 2.75) is 26.7 Å². The molecule has 0 fully saturated rings. The van der Waals surface area contributed by atoms with Gasteiger partial charge in [0.2, 0.25) is 0 Å². The number of benzene rings is 1. The van der Waals surface area contributed by atoms with Crippen molar-refractivity contribution in [1.82, 2.24) is 4.98 Å². The van der Waals surface area contributed by atoms with Gasteiger partial charge in [0.25, 0.3) is 0 Å². The van der Waals surface area contributed by atoms with E-state index in [1.807, 2.05) is 25.3 Å². The van der Waals surface area contributed by atoms with Gasteiger partial charge in [-0.1, -0.05) is 50.3 Å². The molecular weight excluding hydrogens is 218 g/mol. The fraction of sp³-hybridized carbons (Fsp3) is 0.235. The Morgan fingerprint density at radius 3 is 2.22 bits per heavy atom. The van der Waals surface area contributed by atoms with E-state index in [9.17, 15) is 0 Å². The number of rotatable bonds is 3. The summed E-state index contributed by atoms with van der Waals surface area (Å²) in [6.45, 7) is 6.47. The first-order valence-electron chi connectivity index (χ1n) is 6.36. The lowest BCUT2D eigenvalue weighted by Gasteiger charge is -2.04. The molecule has 92 valence electrons. The highest BCUT2D eigenvalue weighted by Gasteiger charge is 1.97. The highest BCUT2D eigenvalue weighted by molar-refractivity contribution is 5.68. The van der Waals surface area contributed by atoms with Crippen molar-refractivity contribution in [2.24, 2.45) is 0 Å². The van der Waals surface area contributed by atoms with Gasteiger partial charge in [0.05, 0.1) is 5.69 Å². The first-order chi connectivity index (χ1) is 8.65.